The largest absolute Gasteiger partial charge is 0.380 e. The van der Waals surface area contributed by atoms with Crippen molar-refractivity contribution >= 4 is 11.5 Å². The lowest BCUT2D eigenvalue weighted by atomic mass is 10.3. The molecule has 15 heavy (non-hydrogen) atoms. The van der Waals surface area contributed by atoms with Gasteiger partial charge in [-0.3, -0.25) is 0 Å². The number of hydrazine groups is 1. The standard InChI is InChI=1S/C10H18N4O/c1-3-15-7-6-14(2)9-4-5-12-10(8-9)13-11/h4-5,8H,3,6-7,11H2,1-2H3,(H,12,13). The summed E-state index contributed by atoms with van der Waals surface area (Å²) in [6, 6.07) is 3.83. The van der Waals surface area contributed by atoms with Crippen LogP contribution in [-0.4, -0.2) is 31.8 Å². The van der Waals surface area contributed by atoms with Crippen LogP contribution in [0.5, 0.6) is 0 Å². The van der Waals surface area contributed by atoms with Gasteiger partial charge in [-0.05, 0) is 13.0 Å². The van der Waals surface area contributed by atoms with E-state index in [2.05, 4.69) is 15.3 Å². The van der Waals surface area contributed by atoms with Gasteiger partial charge in [0.15, 0.2) is 0 Å². The fraction of sp³-hybridized carbons (Fsp3) is 0.500. The van der Waals surface area contributed by atoms with Gasteiger partial charge in [0.25, 0.3) is 0 Å². The van der Waals surface area contributed by atoms with Crippen molar-refractivity contribution in [2.45, 2.75) is 6.92 Å². The molecule has 1 rings (SSSR count). The summed E-state index contributed by atoms with van der Waals surface area (Å²) in [5.74, 6) is 5.95. The number of pyridine rings is 1. The van der Waals surface area contributed by atoms with Crippen molar-refractivity contribution in [3.8, 4) is 0 Å². The second-order valence-corrected chi connectivity index (χ2v) is 3.16. The zero-order chi connectivity index (χ0) is 11.1. The van der Waals surface area contributed by atoms with Gasteiger partial charge in [-0.15, -0.1) is 0 Å². The van der Waals surface area contributed by atoms with Crippen LogP contribution < -0.4 is 16.2 Å². The van der Waals surface area contributed by atoms with E-state index in [0.717, 1.165) is 25.4 Å². The number of ether oxygens (including phenoxy) is 1. The number of nitrogens with two attached hydrogens (primary N) is 1. The minimum absolute atomic E-state index is 0.663. The minimum Gasteiger partial charge on any atom is -0.380 e. The Morgan fingerprint density at radius 1 is 1.60 bits per heavy atom. The van der Waals surface area contributed by atoms with Crippen LogP contribution in [0.25, 0.3) is 0 Å². The van der Waals surface area contributed by atoms with E-state index < -0.39 is 0 Å². The molecule has 0 saturated heterocycles. The summed E-state index contributed by atoms with van der Waals surface area (Å²) in [6.45, 7) is 4.31. The molecule has 0 aliphatic heterocycles. The number of nitrogen functional groups attached to an aromatic ring is 1. The first-order chi connectivity index (χ1) is 7.27. The molecule has 0 aromatic carbocycles. The molecule has 0 aliphatic rings. The van der Waals surface area contributed by atoms with E-state index in [4.69, 9.17) is 10.6 Å². The molecule has 84 valence electrons. The molecule has 5 nitrogen and oxygen atoms in total. The van der Waals surface area contributed by atoms with Crippen molar-refractivity contribution < 1.29 is 4.74 Å². The molecule has 1 aromatic heterocycles. The molecule has 0 fully saturated rings. The van der Waals surface area contributed by atoms with Crippen molar-refractivity contribution in [3.63, 3.8) is 0 Å². The fourth-order valence-electron chi connectivity index (χ4n) is 1.21. The van der Waals surface area contributed by atoms with Crippen LogP contribution in [0.3, 0.4) is 0 Å². The van der Waals surface area contributed by atoms with Gasteiger partial charge in [0.05, 0.1) is 6.61 Å². The van der Waals surface area contributed by atoms with Crippen molar-refractivity contribution in [3.05, 3.63) is 18.3 Å². The van der Waals surface area contributed by atoms with Crippen LogP contribution in [-0.2, 0) is 4.74 Å². The summed E-state index contributed by atoms with van der Waals surface area (Å²) in [6.07, 6.45) is 1.72. The summed E-state index contributed by atoms with van der Waals surface area (Å²) >= 11 is 0. The Labute approximate surface area is 90.2 Å². The van der Waals surface area contributed by atoms with Gasteiger partial charge in [0.2, 0.25) is 0 Å². The lowest BCUT2D eigenvalue weighted by molar-refractivity contribution is 0.154. The first-order valence-electron chi connectivity index (χ1n) is 4.99. The molecule has 0 spiro atoms. The van der Waals surface area contributed by atoms with E-state index in [9.17, 15) is 0 Å². The molecule has 0 radical (unpaired) electrons. The summed E-state index contributed by atoms with van der Waals surface area (Å²) in [4.78, 5) is 6.14. The van der Waals surface area contributed by atoms with E-state index in [-0.39, 0.29) is 0 Å². The van der Waals surface area contributed by atoms with Gasteiger partial charge in [-0.2, -0.15) is 0 Å². The molecule has 0 unspecified atom stereocenters. The third kappa shape index (κ3) is 3.73. The highest BCUT2D eigenvalue weighted by Crippen LogP contribution is 2.14. The Morgan fingerprint density at radius 2 is 2.40 bits per heavy atom. The molecule has 0 bridgehead atoms. The third-order valence-corrected chi connectivity index (χ3v) is 2.11. The normalized spacial score (nSPS) is 10.1. The summed E-state index contributed by atoms with van der Waals surface area (Å²) < 4.78 is 5.28. The number of anilines is 2. The first kappa shape index (κ1) is 11.7. The Bertz CT molecular complexity index is 293. The lowest BCUT2D eigenvalue weighted by Gasteiger charge is -2.19. The van der Waals surface area contributed by atoms with Gasteiger partial charge in [-0.1, -0.05) is 0 Å². The summed E-state index contributed by atoms with van der Waals surface area (Å²) in [5, 5.41) is 0. The SMILES string of the molecule is CCOCCN(C)c1ccnc(NN)c1. The van der Waals surface area contributed by atoms with Gasteiger partial charge < -0.3 is 15.1 Å². The topological polar surface area (TPSA) is 63.4 Å². The Balaban J connectivity index is 2.52. The molecule has 0 amide bonds. The summed E-state index contributed by atoms with van der Waals surface area (Å²) in [7, 11) is 2.01. The van der Waals surface area contributed by atoms with Crippen LogP contribution in [0.4, 0.5) is 11.5 Å². The van der Waals surface area contributed by atoms with E-state index >= 15 is 0 Å². The van der Waals surface area contributed by atoms with Crippen LogP contribution in [0.2, 0.25) is 0 Å². The number of aromatic nitrogens is 1. The predicted molar refractivity (Wildman–Crippen MR) is 61.8 cm³/mol. The Hall–Kier alpha value is -1.33. The number of hydrogen-bond donors (Lipinski definition) is 2. The lowest BCUT2D eigenvalue weighted by Crippen LogP contribution is -2.23. The van der Waals surface area contributed by atoms with Crippen molar-refractivity contribution in [2.75, 3.05) is 37.1 Å². The number of rotatable bonds is 6. The quantitative estimate of drug-likeness (QED) is 0.414. The molecule has 0 aliphatic carbocycles. The zero-order valence-electron chi connectivity index (χ0n) is 9.23. The van der Waals surface area contributed by atoms with Crippen LogP contribution in [0.15, 0.2) is 18.3 Å². The monoisotopic (exact) mass is 210 g/mol. The fourth-order valence-corrected chi connectivity index (χ4v) is 1.21. The van der Waals surface area contributed by atoms with Crippen LogP contribution >= 0.6 is 0 Å². The van der Waals surface area contributed by atoms with Crippen molar-refractivity contribution in [1.82, 2.24) is 4.98 Å². The Morgan fingerprint density at radius 3 is 3.07 bits per heavy atom. The maximum Gasteiger partial charge on any atom is 0.141 e. The highest BCUT2D eigenvalue weighted by Gasteiger charge is 2.01. The molecule has 1 aromatic rings. The average molecular weight is 210 g/mol. The number of hydrogen-bond acceptors (Lipinski definition) is 5. The first-order valence-corrected chi connectivity index (χ1v) is 4.99. The number of nitrogens with one attached hydrogen (secondary N) is 1. The van der Waals surface area contributed by atoms with E-state index in [1.54, 1.807) is 6.20 Å². The Kier molecular flexibility index (Phi) is 4.86. The van der Waals surface area contributed by atoms with Crippen LogP contribution in [0, 0.1) is 0 Å². The van der Waals surface area contributed by atoms with E-state index in [1.807, 2.05) is 26.1 Å². The van der Waals surface area contributed by atoms with Gasteiger partial charge in [0, 0.05) is 38.1 Å². The highest BCUT2D eigenvalue weighted by atomic mass is 16.5. The minimum atomic E-state index is 0.663. The number of nitrogens with zero attached hydrogens (tertiary/aromatic N) is 2. The molecule has 3 N–H and O–H groups in total. The van der Waals surface area contributed by atoms with E-state index in [0.29, 0.717) is 5.82 Å². The second-order valence-electron chi connectivity index (χ2n) is 3.16. The van der Waals surface area contributed by atoms with Gasteiger partial charge in [-0.25, -0.2) is 10.8 Å². The van der Waals surface area contributed by atoms with Gasteiger partial charge in [0.1, 0.15) is 5.82 Å². The highest BCUT2D eigenvalue weighted by molar-refractivity contribution is 5.52. The summed E-state index contributed by atoms with van der Waals surface area (Å²) in [5.41, 5.74) is 3.59. The zero-order valence-corrected chi connectivity index (χ0v) is 9.23. The molecule has 0 saturated carbocycles. The second kappa shape index (κ2) is 6.21. The van der Waals surface area contributed by atoms with E-state index in [1.165, 1.54) is 0 Å². The molecular formula is C10H18N4O. The molecule has 0 atom stereocenters. The van der Waals surface area contributed by atoms with Crippen molar-refractivity contribution in [1.29, 1.82) is 0 Å². The average Bonchev–Trinajstić information content (AvgIpc) is 2.29. The molecule has 5 heteroatoms. The molecular weight excluding hydrogens is 192 g/mol. The third-order valence-electron chi connectivity index (χ3n) is 2.11. The van der Waals surface area contributed by atoms with Gasteiger partial charge >= 0.3 is 0 Å². The molecule has 1 heterocycles. The van der Waals surface area contributed by atoms with Crippen LogP contribution in [0.1, 0.15) is 6.92 Å². The maximum absolute atomic E-state index is 5.28. The maximum atomic E-state index is 5.28. The number of likely N-dealkylation sites (N-methyl/N-ethyl adjacent to an activating group) is 1. The van der Waals surface area contributed by atoms with Crippen molar-refractivity contribution in [2.24, 2.45) is 5.84 Å². The predicted octanol–water partition coefficient (Wildman–Crippen LogP) is 0.840. The smallest absolute Gasteiger partial charge is 0.141 e.